The van der Waals surface area contributed by atoms with Crippen LogP contribution < -0.4 is 10.1 Å². The van der Waals surface area contributed by atoms with Crippen LogP contribution in [0.4, 0.5) is 0 Å². The number of nitrogens with zero attached hydrogens (tertiary/aromatic N) is 3. The molecule has 9 heteroatoms. The van der Waals surface area contributed by atoms with E-state index in [4.69, 9.17) is 9.47 Å². The number of rotatable bonds is 8. The van der Waals surface area contributed by atoms with E-state index in [0.29, 0.717) is 29.6 Å². The summed E-state index contributed by atoms with van der Waals surface area (Å²) < 4.78 is 10.5. The number of esters is 1. The Morgan fingerprint density at radius 1 is 1.29 bits per heavy atom. The largest absolute Gasteiger partial charge is 0.497 e. The fourth-order valence-corrected chi connectivity index (χ4v) is 5.78. The van der Waals surface area contributed by atoms with Gasteiger partial charge in [0, 0.05) is 18.3 Å². The number of benzene rings is 1. The van der Waals surface area contributed by atoms with E-state index >= 15 is 0 Å². The first-order valence-corrected chi connectivity index (χ1v) is 12.4. The number of allylic oxidation sites excluding steroid dienone is 1. The van der Waals surface area contributed by atoms with E-state index in [1.54, 1.807) is 7.11 Å². The Morgan fingerprint density at radius 2 is 2.12 bits per heavy atom. The molecule has 0 unspecified atom stereocenters. The number of amidine groups is 1. The number of carbonyl (C=O) groups excluding carboxylic acids is 2. The number of thioether (sulfide) groups is 1. The molecule has 0 bridgehead atoms. The van der Waals surface area contributed by atoms with Crippen molar-refractivity contribution in [1.29, 1.82) is 0 Å². The third-order valence-electron chi connectivity index (χ3n) is 6.63. The fraction of sp³-hybridized carbons (Fsp3) is 0.480. The number of likely N-dealkylation sites (tertiary alicyclic amines) is 1. The maximum absolute atomic E-state index is 12.8. The van der Waals surface area contributed by atoms with Crippen LogP contribution in [0.15, 0.2) is 51.6 Å². The smallest absolute Gasteiger partial charge is 0.338 e. The number of carbonyl (C=O) groups is 2. The molecule has 0 aromatic heterocycles. The van der Waals surface area contributed by atoms with Crippen LogP contribution in [0.2, 0.25) is 0 Å². The van der Waals surface area contributed by atoms with Gasteiger partial charge in [-0.2, -0.15) is 0 Å². The van der Waals surface area contributed by atoms with Gasteiger partial charge in [-0.3, -0.25) is 4.79 Å². The molecule has 0 aliphatic carbocycles. The predicted molar refractivity (Wildman–Crippen MR) is 133 cm³/mol. The summed E-state index contributed by atoms with van der Waals surface area (Å²) in [5.41, 5.74) is 2.74. The van der Waals surface area contributed by atoms with E-state index in [9.17, 15) is 9.59 Å². The van der Waals surface area contributed by atoms with Gasteiger partial charge in [-0.15, -0.1) is 0 Å². The zero-order valence-electron chi connectivity index (χ0n) is 20.2. The van der Waals surface area contributed by atoms with Crippen molar-refractivity contribution >= 4 is 28.8 Å². The zero-order chi connectivity index (χ0) is 24.2. The molecule has 1 aromatic carbocycles. The summed E-state index contributed by atoms with van der Waals surface area (Å²) in [4.78, 5) is 34.6. The second-order valence-corrected chi connectivity index (χ2v) is 9.59. The quantitative estimate of drug-likeness (QED) is 0.566. The molecule has 2 atom stereocenters. The van der Waals surface area contributed by atoms with Gasteiger partial charge in [-0.1, -0.05) is 23.9 Å². The molecule has 3 aliphatic rings. The Bertz CT molecular complexity index is 1050. The Labute approximate surface area is 205 Å². The van der Waals surface area contributed by atoms with E-state index in [-0.39, 0.29) is 12.3 Å². The van der Waals surface area contributed by atoms with Gasteiger partial charge in [-0.25, -0.2) is 9.79 Å². The Hall–Kier alpha value is -2.78. The van der Waals surface area contributed by atoms with Gasteiger partial charge in [-0.05, 0) is 62.9 Å². The summed E-state index contributed by atoms with van der Waals surface area (Å²) in [5.74, 6) is 0.217. The number of hydrogen-bond donors (Lipinski definition) is 1. The summed E-state index contributed by atoms with van der Waals surface area (Å²) >= 11 is 1.46. The van der Waals surface area contributed by atoms with E-state index < -0.39 is 12.0 Å². The van der Waals surface area contributed by atoms with Gasteiger partial charge in [0.05, 0.1) is 38.0 Å². The Morgan fingerprint density at radius 3 is 2.82 bits per heavy atom. The van der Waals surface area contributed by atoms with Crippen molar-refractivity contribution in [2.75, 3.05) is 34.4 Å². The Kier molecular flexibility index (Phi) is 7.63. The first kappa shape index (κ1) is 24.3. The number of methoxy groups -OCH3 is 2. The summed E-state index contributed by atoms with van der Waals surface area (Å²) in [6.45, 7) is 3.59. The highest BCUT2D eigenvalue weighted by Gasteiger charge is 2.41. The lowest BCUT2D eigenvalue weighted by Gasteiger charge is -2.36. The molecular weight excluding hydrogens is 452 g/mol. The first-order valence-electron chi connectivity index (χ1n) is 11.6. The molecule has 3 heterocycles. The van der Waals surface area contributed by atoms with Crippen LogP contribution >= 0.6 is 11.8 Å². The molecule has 4 rings (SSSR count). The third-order valence-corrected chi connectivity index (χ3v) is 7.52. The number of aliphatic imine (C=N–C) groups is 1. The molecule has 34 heavy (non-hydrogen) atoms. The van der Waals surface area contributed by atoms with Gasteiger partial charge in [0.1, 0.15) is 5.75 Å². The number of fused-ring (bicyclic) bond motifs is 1. The van der Waals surface area contributed by atoms with Crippen LogP contribution in [0.5, 0.6) is 5.75 Å². The lowest BCUT2D eigenvalue weighted by Crippen LogP contribution is -2.38. The van der Waals surface area contributed by atoms with E-state index in [1.165, 1.54) is 31.7 Å². The summed E-state index contributed by atoms with van der Waals surface area (Å²) in [7, 11) is 5.12. The molecule has 8 nitrogen and oxygen atoms in total. The highest BCUT2D eigenvalue weighted by atomic mass is 32.2. The molecule has 1 aromatic rings. The van der Waals surface area contributed by atoms with E-state index in [1.807, 2.05) is 41.5 Å². The van der Waals surface area contributed by atoms with Gasteiger partial charge in [0.25, 0.3) is 0 Å². The lowest BCUT2D eigenvalue weighted by atomic mass is 9.93. The van der Waals surface area contributed by atoms with Crippen LogP contribution in [-0.4, -0.2) is 67.2 Å². The maximum Gasteiger partial charge on any atom is 0.338 e. The average Bonchev–Trinajstić information content (AvgIpc) is 3.43. The van der Waals surface area contributed by atoms with Crippen molar-refractivity contribution in [3.63, 3.8) is 0 Å². The van der Waals surface area contributed by atoms with Crippen LogP contribution in [0, 0.1) is 0 Å². The Balaban J connectivity index is 1.54. The minimum atomic E-state index is -0.462. The molecule has 1 amide bonds. The van der Waals surface area contributed by atoms with Crippen LogP contribution in [-0.2, 0) is 14.3 Å². The molecular formula is C25H32N4O4S. The van der Waals surface area contributed by atoms with Crippen molar-refractivity contribution in [1.82, 2.24) is 15.1 Å². The van der Waals surface area contributed by atoms with Crippen molar-refractivity contribution in [2.45, 2.75) is 44.7 Å². The van der Waals surface area contributed by atoms with E-state index in [2.05, 4.69) is 22.3 Å². The van der Waals surface area contributed by atoms with Crippen molar-refractivity contribution in [3.05, 3.63) is 52.2 Å². The fourth-order valence-electron chi connectivity index (χ4n) is 4.82. The highest BCUT2D eigenvalue weighted by molar-refractivity contribution is 8.16. The van der Waals surface area contributed by atoms with Crippen LogP contribution in [0.1, 0.15) is 44.2 Å². The average molecular weight is 485 g/mol. The van der Waals surface area contributed by atoms with Crippen LogP contribution in [0.25, 0.3) is 0 Å². The molecule has 1 fully saturated rings. The van der Waals surface area contributed by atoms with Crippen molar-refractivity contribution in [2.24, 2.45) is 4.99 Å². The second kappa shape index (κ2) is 10.7. The summed E-state index contributed by atoms with van der Waals surface area (Å²) in [6, 6.07) is 7.68. The van der Waals surface area contributed by atoms with Crippen molar-refractivity contribution < 1.29 is 19.1 Å². The third kappa shape index (κ3) is 5.00. The van der Waals surface area contributed by atoms with Gasteiger partial charge >= 0.3 is 5.97 Å². The number of amides is 1. The number of hydrogen-bond acceptors (Lipinski definition) is 8. The first-order chi connectivity index (χ1) is 16.4. The minimum Gasteiger partial charge on any atom is -0.497 e. The van der Waals surface area contributed by atoms with Gasteiger partial charge in [0.15, 0.2) is 5.17 Å². The highest BCUT2D eigenvalue weighted by Crippen LogP contribution is 2.45. The summed E-state index contributed by atoms with van der Waals surface area (Å²) in [5, 5.41) is 5.77. The normalized spacial score (nSPS) is 22.3. The molecule has 0 spiro atoms. The second-order valence-electron chi connectivity index (χ2n) is 8.75. The van der Waals surface area contributed by atoms with Crippen molar-refractivity contribution in [3.8, 4) is 5.75 Å². The molecule has 0 saturated carbocycles. The molecule has 3 aliphatic heterocycles. The number of nitrogens with one attached hydrogen (secondary N) is 1. The molecule has 1 N–H and O–H groups in total. The lowest BCUT2D eigenvalue weighted by molar-refractivity contribution is -0.136. The zero-order valence-corrected chi connectivity index (χ0v) is 21.0. The van der Waals surface area contributed by atoms with Crippen LogP contribution in [0.3, 0.4) is 0 Å². The number of ether oxygens (including phenoxy) is 2. The van der Waals surface area contributed by atoms with E-state index in [0.717, 1.165) is 29.4 Å². The molecule has 0 radical (unpaired) electrons. The monoisotopic (exact) mass is 484 g/mol. The summed E-state index contributed by atoms with van der Waals surface area (Å²) in [6.07, 6.45) is 3.57. The molecule has 1 saturated heterocycles. The predicted octanol–water partition coefficient (Wildman–Crippen LogP) is 3.43. The van der Waals surface area contributed by atoms with Gasteiger partial charge in [0.2, 0.25) is 5.91 Å². The standard InChI is InChI=1S/C25H32N4O4S/c1-16-22(24(31)33-4)23(17-7-5-9-20(13-17)32-3)29-19(15-34-25(29)27-16)14-21(30)26-11-10-18-8-6-12-28(18)2/h5,7,9,13,15,18,23H,6,8,10-12,14H2,1-4H3,(H,26,30)/t18-,23+/m1/s1. The maximum atomic E-state index is 12.8. The SMILES string of the molecule is COC(=O)C1=C(C)N=C2SC=C(CC(=O)NCC[C@H]3CCCN3C)N2[C@H]1c1cccc(OC)c1. The molecule has 182 valence electrons. The minimum absolute atomic E-state index is 0.0379. The van der Waals surface area contributed by atoms with Gasteiger partial charge < -0.3 is 24.6 Å². The topological polar surface area (TPSA) is 83.5 Å².